The molecule has 228 valence electrons. The molecule has 10 heteroatoms. The minimum absolute atomic E-state index is 0.0227. The SMILES string of the molecule is CCCN(CCC)C(=O)C1=CC(C)=CC(C(N)=O)([C@H](Cc2cc(F)cc(F)c2)[C@@H](O)CNCc2nccc(CC)n2)C1. The molecule has 8 nitrogen and oxygen atoms in total. The fourth-order valence-electron chi connectivity index (χ4n) is 5.76. The Bertz CT molecular complexity index is 1290. The Kier molecular flexibility index (Phi) is 11.9. The molecule has 0 saturated carbocycles. The summed E-state index contributed by atoms with van der Waals surface area (Å²) in [4.78, 5) is 37.5. The normalized spacial score (nSPS) is 18.2. The molecule has 42 heavy (non-hydrogen) atoms. The third kappa shape index (κ3) is 8.29. The molecule has 0 radical (unpaired) electrons. The molecule has 3 atom stereocenters. The lowest BCUT2D eigenvalue weighted by Gasteiger charge is -2.42. The maximum Gasteiger partial charge on any atom is 0.249 e. The number of benzene rings is 1. The molecule has 3 rings (SSSR count). The first-order valence-corrected chi connectivity index (χ1v) is 14.7. The molecule has 0 aliphatic heterocycles. The number of aliphatic hydroxyl groups excluding tert-OH is 1. The second-order valence-electron chi connectivity index (χ2n) is 11.0. The number of nitrogens with one attached hydrogen (secondary N) is 1. The zero-order valence-corrected chi connectivity index (χ0v) is 25.0. The number of allylic oxidation sites excluding steroid dienone is 2. The number of hydrogen-bond acceptors (Lipinski definition) is 6. The van der Waals surface area contributed by atoms with Crippen LogP contribution in [0, 0.1) is 23.0 Å². The van der Waals surface area contributed by atoms with Crippen LogP contribution in [0.4, 0.5) is 8.78 Å². The number of halogens is 2. The van der Waals surface area contributed by atoms with Gasteiger partial charge in [-0.25, -0.2) is 18.7 Å². The van der Waals surface area contributed by atoms with E-state index in [1.807, 2.05) is 26.8 Å². The smallest absolute Gasteiger partial charge is 0.249 e. The van der Waals surface area contributed by atoms with Crippen LogP contribution in [-0.4, -0.2) is 57.5 Å². The molecule has 4 N–H and O–H groups in total. The van der Waals surface area contributed by atoms with Gasteiger partial charge in [0, 0.05) is 49.1 Å². The van der Waals surface area contributed by atoms with Gasteiger partial charge in [-0.05, 0) is 62.8 Å². The van der Waals surface area contributed by atoms with Gasteiger partial charge in [-0.3, -0.25) is 9.59 Å². The second kappa shape index (κ2) is 15.1. The first-order valence-electron chi connectivity index (χ1n) is 14.7. The minimum Gasteiger partial charge on any atom is -0.391 e. The lowest BCUT2D eigenvalue weighted by molar-refractivity contribution is -0.132. The Morgan fingerprint density at radius 1 is 1.14 bits per heavy atom. The molecule has 1 aliphatic carbocycles. The van der Waals surface area contributed by atoms with Crippen LogP contribution in [0.5, 0.6) is 0 Å². The van der Waals surface area contributed by atoms with E-state index in [4.69, 9.17) is 5.73 Å². The maximum absolute atomic E-state index is 14.2. The summed E-state index contributed by atoms with van der Waals surface area (Å²) in [6, 6.07) is 4.96. The van der Waals surface area contributed by atoms with Crippen molar-refractivity contribution in [3.8, 4) is 0 Å². The predicted octanol–water partition coefficient (Wildman–Crippen LogP) is 4.02. The van der Waals surface area contributed by atoms with Crippen LogP contribution in [-0.2, 0) is 29.0 Å². The molecule has 1 aromatic heterocycles. The first-order chi connectivity index (χ1) is 20.0. The van der Waals surface area contributed by atoms with E-state index < -0.39 is 35.0 Å². The number of nitrogens with two attached hydrogens (primary N) is 1. The Labute approximate surface area is 247 Å². The highest BCUT2D eigenvalue weighted by molar-refractivity contribution is 5.96. The summed E-state index contributed by atoms with van der Waals surface area (Å²) < 4.78 is 28.4. The Morgan fingerprint density at radius 2 is 1.81 bits per heavy atom. The van der Waals surface area contributed by atoms with Crippen molar-refractivity contribution in [2.75, 3.05) is 19.6 Å². The van der Waals surface area contributed by atoms with Crippen molar-refractivity contribution in [3.63, 3.8) is 0 Å². The van der Waals surface area contributed by atoms with Crippen molar-refractivity contribution >= 4 is 11.8 Å². The summed E-state index contributed by atoms with van der Waals surface area (Å²) in [5, 5.41) is 14.7. The molecule has 0 fully saturated rings. The van der Waals surface area contributed by atoms with E-state index in [1.54, 1.807) is 30.2 Å². The number of carbonyl (C=O) groups excluding carboxylic acids is 2. The average Bonchev–Trinajstić information content (AvgIpc) is 2.94. The summed E-state index contributed by atoms with van der Waals surface area (Å²) in [6.07, 6.45) is 6.14. The van der Waals surface area contributed by atoms with Gasteiger partial charge in [-0.2, -0.15) is 0 Å². The van der Waals surface area contributed by atoms with Gasteiger partial charge in [0.05, 0.1) is 18.1 Å². The Balaban J connectivity index is 1.98. The molecule has 2 aromatic rings. The summed E-state index contributed by atoms with van der Waals surface area (Å²) >= 11 is 0. The van der Waals surface area contributed by atoms with Gasteiger partial charge in [-0.1, -0.05) is 38.5 Å². The molecule has 0 spiro atoms. The highest BCUT2D eigenvalue weighted by Gasteiger charge is 2.48. The topological polar surface area (TPSA) is 121 Å². The molecule has 1 heterocycles. The highest BCUT2D eigenvalue weighted by Crippen LogP contribution is 2.44. The van der Waals surface area contributed by atoms with Gasteiger partial charge in [-0.15, -0.1) is 0 Å². The highest BCUT2D eigenvalue weighted by atomic mass is 19.1. The molecule has 0 bridgehead atoms. The van der Waals surface area contributed by atoms with E-state index in [-0.39, 0.29) is 37.4 Å². The van der Waals surface area contributed by atoms with Gasteiger partial charge in [0.15, 0.2) is 0 Å². The lowest BCUT2D eigenvalue weighted by atomic mass is 9.63. The predicted molar refractivity (Wildman–Crippen MR) is 158 cm³/mol. The quantitative estimate of drug-likeness (QED) is 0.291. The van der Waals surface area contributed by atoms with Crippen molar-refractivity contribution < 1.29 is 23.5 Å². The first kappa shape index (κ1) is 33.0. The summed E-state index contributed by atoms with van der Waals surface area (Å²) in [5.41, 5.74) is 6.81. The maximum atomic E-state index is 14.2. The number of nitrogens with zero attached hydrogens (tertiary/aromatic N) is 3. The molecular formula is C32H43F2N5O3. The number of amides is 2. The van der Waals surface area contributed by atoms with Crippen LogP contribution in [0.15, 0.2) is 53.8 Å². The molecule has 1 unspecified atom stereocenters. The van der Waals surface area contributed by atoms with Crippen LogP contribution in [0.1, 0.15) is 64.0 Å². The van der Waals surface area contributed by atoms with Crippen molar-refractivity contribution in [1.82, 2.24) is 20.2 Å². The van der Waals surface area contributed by atoms with Crippen molar-refractivity contribution in [1.29, 1.82) is 0 Å². The van der Waals surface area contributed by atoms with Gasteiger partial charge in [0.2, 0.25) is 11.8 Å². The molecule has 1 aliphatic rings. The van der Waals surface area contributed by atoms with Gasteiger partial charge in [0.1, 0.15) is 17.5 Å². The molecule has 1 aromatic carbocycles. The summed E-state index contributed by atoms with van der Waals surface area (Å²) in [7, 11) is 0. The molecular weight excluding hydrogens is 540 g/mol. The second-order valence-corrected chi connectivity index (χ2v) is 11.0. The van der Waals surface area contributed by atoms with E-state index in [0.29, 0.717) is 30.1 Å². The largest absolute Gasteiger partial charge is 0.391 e. The third-order valence-corrected chi connectivity index (χ3v) is 7.64. The monoisotopic (exact) mass is 583 g/mol. The summed E-state index contributed by atoms with van der Waals surface area (Å²) in [6.45, 7) is 9.16. The number of primary amides is 1. The van der Waals surface area contributed by atoms with Crippen molar-refractivity contribution in [2.45, 2.75) is 72.4 Å². The van der Waals surface area contributed by atoms with Crippen LogP contribution < -0.4 is 11.1 Å². The number of aryl methyl sites for hydroxylation is 1. The zero-order chi connectivity index (χ0) is 30.9. The number of rotatable bonds is 15. The number of carbonyl (C=O) groups is 2. The third-order valence-electron chi connectivity index (χ3n) is 7.64. The van der Waals surface area contributed by atoms with E-state index in [1.165, 1.54) is 12.1 Å². The van der Waals surface area contributed by atoms with Gasteiger partial charge >= 0.3 is 0 Å². The molecule has 2 amide bonds. The Hall–Kier alpha value is -3.50. The van der Waals surface area contributed by atoms with Crippen LogP contribution >= 0.6 is 0 Å². The van der Waals surface area contributed by atoms with E-state index in [0.717, 1.165) is 31.0 Å². The average molecular weight is 584 g/mol. The summed E-state index contributed by atoms with van der Waals surface area (Å²) in [5.74, 6) is -2.81. The lowest BCUT2D eigenvalue weighted by Crippen LogP contribution is -2.51. The van der Waals surface area contributed by atoms with Crippen LogP contribution in [0.25, 0.3) is 0 Å². The van der Waals surface area contributed by atoms with Crippen molar-refractivity contribution in [2.24, 2.45) is 17.1 Å². The van der Waals surface area contributed by atoms with E-state index in [2.05, 4.69) is 15.3 Å². The van der Waals surface area contributed by atoms with Gasteiger partial charge in [0.25, 0.3) is 0 Å². The fourth-order valence-corrected chi connectivity index (χ4v) is 5.76. The zero-order valence-electron chi connectivity index (χ0n) is 25.0. The van der Waals surface area contributed by atoms with Crippen LogP contribution in [0.2, 0.25) is 0 Å². The Morgan fingerprint density at radius 3 is 2.40 bits per heavy atom. The molecule has 0 saturated heterocycles. The number of hydrogen-bond donors (Lipinski definition) is 3. The van der Waals surface area contributed by atoms with Gasteiger partial charge < -0.3 is 21.1 Å². The van der Waals surface area contributed by atoms with E-state index in [9.17, 15) is 23.5 Å². The number of aliphatic hydroxyl groups is 1. The van der Waals surface area contributed by atoms with Crippen molar-refractivity contribution in [3.05, 3.63) is 82.5 Å². The number of aromatic nitrogens is 2. The fraction of sp³-hybridized carbons (Fsp3) is 0.500. The van der Waals surface area contributed by atoms with Crippen LogP contribution in [0.3, 0.4) is 0 Å². The van der Waals surface area contributed by atoms with E-state index >= 15 is 0 Å². The minimum atomic E-state index is -1.49. The standard InChI is InChI=1S/C32H43F2N5O3/c1-5-10-39(11-6-2)30(41)23-12-21(4)17-32(18-23,31(35)42)27(15-22-13-24(33)16-25(34)14-22)28(40)19-36-20-29-37-9-8-26(7-3)38-29/h8-9,12-14,16-17,27-28,36,40H,5-7,10-11,15,18-20H2,1-4H3,(H2,35,42)/t27-,28+,32?/m1/s1.